The molecule has 0 bridgehead atoms. The topological polar surface area (TPSA) is 102 Å². The first-order chi connectivity index (χ1) is 16.3. The Labute approximate surface area is 205 Å². The molecule has 34 heavy (non-hydrogen) atoms. The molecule has 1 aliphatic heterocycles. The van der Waals surface area contributed by atoms with Gasteiger partial charge in [0.15, 0.2) is 0 Å². The minimum Gasteiger partial charge on any atom is -0.394 e. The van der Waals surface area contributed by atoms with Crippen LogP contribution < -0.4 is 10.6 Å². The molecule has 2 unspecified atom stereocenters. The molecular weight excluding hydrogens is 480 g/mol. The van der Waals surface area contributed by atoms with Crippen LogP contribution in [0.4, 0.5) is 10.1 Å². The third-order valence-electron chi connectivity index (χ3n) is 5.40. The summed E-state index contributed by atoms with van der Waals surface area (Å²) in [5, 5.41) is 16.2. The molecule has 2 aromatic carbocycles. The molecule has 4 N–H and O–H groups in total. The van der Waals surface area contributed by atoms with E-state index in [2.05, 4.69) is 25.6 Å². The van der Waals surface area contributed by atoms with Gasteiger partial charge < -0.3 is 20.7 Å². The van der Waals surface area contributed by atoms with Crippen LogP contribution in [0.2, 0.25) is 10.0 Å². The van der Waals surface area contributed by atoms with Gasteiger partial charge in [0.25, 0.3) is 5.91 Å². The SMILES string of the molecule is CC1C=NC(Nc2ccc(Cl)cc2F)=NC1c1c[nH]c(C(=O)N[C@H](CO)c2cccc(Cl)c2)c1. The number of aromatic nitrogens is 1. The van der Waals surface area contributed by atoms with Crippen LogP contribution in [0.15, 0.2) is 64.7 Å². The number of H-pyrrole nitrogens is 1. The fourth-order valence-corrected chi connectivity index (χ4v) is 3.97. The Balaban J connectivity index is 1.49. The number of rotatable bonds is 6. The van der Waals surface area contributed by atoms with Gasteiger partial charge in [-0.15, -0.1) is 0 Å². The maximum Gasteiger partial charge on any atom is 0.268 e. The molecule has 0 radical (unpaired) electrons. The fraction of sp³-hybridized carbons (Fsp3) is 0.208. The number of aromatic amines is 1. The van der Waals surface area contributed by atoms with Crippen LogP contribution >= 0.6 is 23.2 Å². The highest BCUT2D eigenvalue weighted by Gasteiger charge is 2.25. The number of hydrogen-bond acceptors (Lipinski definition) is 5. The summed E-state index contributed by atoms with van der Waals surface area (Å²) in [5.41, 5.74) is 1.99. The van der Waals surface area contributed by atoms with Crippen molar-refractivity contribution in [1.29, 1.82) is 0 Å². The molecule has 1 aliphatic rings. The fourth-order valence-electron chi connectivity index (χ4n) is 3.61. The van der Waals surface area contributed by atoms with Crippen molar-refractivity contribution < 1.29 is 14.3 Å². The monoisotopic (exact) mass is 501 g/mol. The van der Waals surface area contributed by atoms with E-state index in [9.17, 15) is 14.3 Å². The van der Waals surface area contributed by atoms with Gasteiger partial charge in [-0.05, 0) is 47.5 Å². The Morgan fingerprint density at radius 1 is 1.21 bits per heavy atom. The highest BCUT2D eigenvalue weighted by molar-refractivity contribution is 6.31. The highest BCUT2D eigenvalue weighted by atomic mass is 35.5. The number of aliphatic imine (C=N–C) groups is 2. The van der Waals surface area contributed by atoms with E-state index in [1.54, 1.807) is 48.8 Å². The zero-order valence-corrected chi connectivity index (χ0v) is 19.6. The smallest absolute Gasteiger partial charge is 0.268 e. The third kappa shape index (κ3) is 5.47. The Hall–Kier alpha value is -3.20. The lowest BCUT2D eigenvalue weighted by Crippen LogP contribution is -2.31. The predicted molar refractivity (Wildman–Crippen MR) is 132 cm³/mol. The number of benzene rings is 2. The summed E-state index contributed by atoms with van der Waals surface area (Å²) in [7, 11) is 0. The number of amides is 1. The molecule has 1 aromatic heterocycles. The number of carbonyl (C=O) groups excluding carboxylic acids is 1. The van der Waals surface area contributed by atoms with Gasteiger partial charge in [-0.2, -0.15) is 0 Å². The molecule has 0 saturated heterocycles. The number of anilines is 1. The van der Waals surface area contributed by atoms with Crippen molar-refractivity contribution in [2.45, 2.75) is 19.0 Å². The van der Waals surface area contributed by atoms with Gasteiger partial charge in [-0.3, -0.25) is 4.79 Å². The van der Waals surface area contributed by atoms with Gasteiger partial charge in [0.05, 0.1) is 24.4 Å². The first kappa shape index (κ1) is 23.9. The molecule has 0 fully saturated rings. The largest absolute Gasteiger partial charge is 0.394 e. The normalized spacial score (nSPS) is 18.3. The third-order valence-corrected chi connectivity index (χ3v) is 5.87. The van der Waals surface area contributed by atoms with E-state index in [4.69, 9.17) is 23.2 Å². The summed E-state index contributed by atoms with van der Waals surface area (Å²) < 4.78 is 14.1. The summed E-state index contributed by atoms with van der Waals surface area (Å²) in [5.74, 6) is -0.700. The van der Waals surface area contributed by atoms with E-state index in [0.717, 1.165) is 5.56 Å². The van der Waals surface area contributed by atoms with Gasteiger partial charge >= 0.3 is 0 Å². The molecule has 3 atom stereocenters. The number of guanidine groups is 1. The van der Waals surface area contributed by atoms with Crippen LogP contribution in [-0.2, 0) is 0 Å². The van der Waals surface area contributed by atoms with E-state index < -0.39 is 11.9 Å². The number of nitrogens with one attached hydrogen (secondary N) is 3. The second-order valence-electron chi connectivity index (χ2n) is 7.89. The molecule has 4 rings (SSSR count). The summed E-state index contributed by atoms with van der Waals surface area (Å²) in [6.45, 7) is 1.67. The van der Waals surface area contributed by atoms with Crippen molar-refractivity contribution in [3.05, 3.63) is 87.4 Å². The van der Waals surface area contributed by atoms with Crippen LogP contribution in [0.25, 0.3) is 0 Å². The molecule has 1 amide bonds. The van der Waals surface area contributed by atoms with Crippen LogP contribution in [-0.4, -0.2) is 34.8 Å². The van der Waals surface area contributed by atoms with Crippen LogP contribution in [0.3, 0.4) is 0 Å². The average Bonchev–Trinajstić information content (AvgIpc) is 3.30. The van der Waals surface area contributed by atoms with E-state index in [1.807, 2.05) is 6.92 Å². The molecule has 10 heteroatoms. The molecule has 0 spiro atoms. The van der Waals surface area contributed by atoms with Crippen molar-refractivity contribution in [2.75, 3.05) is 11.9 Å². The zero-order chi connectivity index (χ0) is 24.2. The zero-order valence-electron chi connectivity index (χ0n) is 18.1. The van der Waals surface area contributed by atoms with Gasteiger partial charge in [0.2, 0.25) is 5.96 Å². The molecule has 7 nitrogen and oxygen atoms in total. The van der Waals surface area contributed by atoms with Crippen molar-refractivity contribution >= 4 is 47.0 Å². The number of halogens is 3. The molecule has 3 aromatic rings. The highest BCUT2D eigenvalue weighted by Crippen LogP contribution is 2.29. The summed E-state index contributed by atoms with van der Waals surface area (Å²) >= 11 is 11.8. The number of carbonyl (C=O) groups is 1. The minimum atomic E-state index is -0.609. The summed E-state index contributed by atoms with van der Waals surface area (Å²) in [6.07, 6.45) is 3.42. The first-order valence-electron chi connectivity index (χ1n) is 10.5. The van der Waals surface area contributed by atoms with Crippen molar-refractivity contribution in [2.24, 2.45) is 15.9 Å². The minimum absolute atomic E-state index is 0.0519. The number of hydrogen-bond donors (Lipinski definition) is 4. The van der Waals surface area contributed by atoms with Gasteiger partial charge in [-0.25, -0.2) is 14.4 Å². The van der Waals surface area contributed by atoms with Gasteiger partial charge in [-0.1, -0.05) is 42.3 Å². The van der Waals surface area contributed by atoms with Crippen LogP contribution in [0.1, 0.15) is 40.6 Å². The summed E-state index contributed by atoms with van der Waals surface area (Å²) in [6, 6.07) is 12.0. The number of aliphatic hydroxyl groups is 1. The van der Waals surface area contributed by atoms with Crippen molar-refractivity contribution in [3.63, 3.8) is 0 Å². The quantitative estimate of drug-likeness (QED) is 0.375. The van der Waals surface area contributed by atoms with E-state index >= 15 is 0 Å². The standard InChI is InChI=1S/C24H22Cl2FN5O2/c1-13-10-29-24(31-19-6-5-17(26)9-18(19)27)32-22(13)15-8-20(28-11-15)23(34)30-21(12-33)14-3-2-4-16(25)7-14/h2-11,13,21-22,28,33H,12H2,1H3,(H,30,34)(H,31,32)/t13?,21-,22?/m1/s1. The number of aliphatic hydroxyl groups excluding tert-OH is 1. The lowest BCUT2D eigenvalue weighted by atomic mass is 9.97. The van der Waals surface area contributed by atoms with Crippen molar-refractivity contribution in [1.82, 2.24) is 10.3 Å². The second kappa shape index (κ2) is 10.4. The molecular formula is C24H22Cl2FN5O2. The van der Waals surface area contributed by atoms with Crippen LogP contribution in [0.5, 0.6) is 0 Å². The van der Waals surface area contributed by atoms with E-state index in [-0.39, 0.29) is 36.1 Å². The Kier molecular flexibility index (Phi) is 7.31. The lowest BCUT2D eigenvalue weighted by Gasteiger charge is -2.21. The van der Waals surface area contributed by atoms with Gasteiger partial charge in [0, 0.05) is 28.4 Å². The van der Waals surface area contributed by atoms with Crippen molar-refractivity contribution in [3.8, 4) is 0 Å². The van der Waals surface area contributed by atoms with E-state index in [1.165, 1.54) is 12.1 Å². The first-order valence-corrected chi connectivity index (χ1v) is 11.3. The maximum absolute atomic E-state index is 14.1. The molecule has 176 valence electrons. The van der Waals surface area contributed by atoms with Crippen LogP contribution in [0, 0.1) is 11.7 Å². The maximum atomic E-state index is 14.1. The lowest BCUT2D eigenvalue weighted by molar-refractivity contribution is 0.0911. The Morgan fingerprint density at radius 3 is 2.74 bits per heavy atom. The predicted octanol–water partition coefficient (Wildman–Crippen LogP) is 5.15. The Morgan fingerprint density at radius 2 is 2.00 bits per heavy atom. The molecule has 0 aliphatic carbocycles. The average molecular weight is 502 g/mol. The molecule has 0 saturated carbocycles. The Bertz CT molecular complexity index is 1260. The molecule has 2 heterocycles. The van der Waals surface area contributed by atoms with E-state index in [0.29, 0.717) is 21.3 Å². The second-order valence-corrected chi connectivity index (χ2v) is 8.77. The number of nitrogens with zero attached hydrogens (tertiary/aromatic N) is 2. The summed E-state index contributed by atoms with van der Waals surface area (Å²) in [4.78, 5) is 24.6. The van der Waals surface area contributed by atoms with Gasteiger partial charge in [0.1, 0.15) is 11.5 Å².